The average Bonchev–Trinajstić information content (AvgIpc) is 3.80. The van der Waals surface area contributed by atoms with Crippen LogP contribution in [-0.2, 0) is 62.4 Å². The lowest BCUT2D eigenvalue weighted by molar-refractivity contribution is -0.142. The Morgan fingerprint density at radius 2 is 1.01 bits per heavy atom. The summed E-state index contributed by atoms with van der Waals surface area (Å²) in [6, 6.07) is 7.35. The number of para-hydroxylation sites is 1. The molecule has 19 N–H and O–H groups in total. The summed E-state index contributed by atoms with van der Waals surface area (Å²) in [6.45, 7) is 10.4. The van der Waals surface area contributed by atoms with Crippen molar-refractivity contribution in [1.82, 2.24) is 42.2 Å². The maximum absolute atomic E-state index is 14.7. The molecule has 0 fully saturated rings. The van der Waals surface area contributed by atoms with Gasteiger partial charge in [-0.05, 0) is 84.0 Å². The van der Waals surface area contributed by atoms with Crippen molar-refractivity contribution in [2.45, 2.75) is 135 Å². The number of H-pyrrole nitrogens is 1. The molecule has 0 spiro atoms. The number of carbonyl (C=O) groups is 9. The van der Waals surface area contributed by atoms with Gasteiger partial charge in [-0.1, -0.05) is 84.0 Å². The first-order chi connectivity index (χ1) is 37.7. The number of amides is 8. The van der Waals surface area contributed by atoms with Crippen molar-refractivity contribution >= 4 is 70.1 Å². The molecular formula is C55H77N13O12. The number of nitrogens with two attached hydrogens (primary N) is 4. The van der Waals surface area contributed by atoms with Crippen LogP contribution in [0.15, 0.2) is 84.0 Å². The van der Waals surface area contributed by atoms with Gasteiger partial charge in [-0.15, -0.1) is 0 Å². The number of nitrogens with zero attached hydrogens (tertiary/aromatic N) is 1. The molecular weight excluding hydrogens is 1030 g/mol. The second-order valence-electron chi connectivity index (χ2n) is 20.8. The third kappa shape index (κ3) is 20.2. The summed E-state index contributed by atoms with van der Waals surface area (Å²) < 4.78 is 0. The van der Waals surface area contributed by atoms with Crippen LogP contribution in [0, 0.1) is 17.8 Å². The largest absolute Gasteiger partial charge is 0.508 e. The molecule has 0 aliphatic carbocycles. The van der Waals surface area contributed by atoms with Crippen LogP contribution in [-0.4, -0.2) is 134 Å². The Kier molecular flexibility index (Phi) is 24.3. The van der Waals surface area contributed by atoms with E-state index < -0.39 is 114 Å². The molecule has 1 heterocycles. The number of benzene rings is 3. The molecule has 8 atom stereocenters. The maximum atomic E-state index is 14.7. The molecule has 1 aromatic heterocycles. The van der Waals surface area contributed by atoms with Crippen LogP contribution in [0.2, 0.25) is 0 Å². The van der Waals surface area contributed by atoms with Gasteiger partial charge in [-0.3, -0.25) is 43.3 Å². The number of hydrogen-bond donors (Lipinski definition) is 15. The number of nitrogens with one attached hydrogen (secondary N) is 8. The van der Waals surface area contributed by atoms with E-state index in [9.17, 15) is 58.5 Å². The van der Waals surface area contributed by atoms with Gasteiger partial charge in [-0.2, -0.15) is 0 Å². The Morgan fingerprint density at radius 3 is 1.51 bits per heavy atom. The van der Waals surface area contributed by atoms with Crippen molar-refractivity contribution in [3.05, 3.63) is 95.7 Å². The third-order valence-electron chi connectivity index (χ3n) is 13.0. The van der Waals surface area contributed by atoms with Crippen LogP contribution in [0.25, 0.3) is 10.9 Å². The maximum Gasteiger partial charge on any atom is 0.326 e. The Balaban J connectivity index is 1.68. The van der Waals surface area contributed by atoms with E-state index in [0.29, 0.717) is 16.7 Å². The normalized spacial score (nSPS) is 14.3. The lowest BCUT2D eigenvalue weighted by atomic mass is 9.98. The number of carbonyl (C=O) groups excluding carboxylic acids is 8. The fourth-order valence-electron chi connectivity index (χ4n) is 8.47. The molecule has 4 rings (SSSR count). The second kappa shape index (κ2) is 30.4. The van der Waals surface area contributed by atoms with Gasteiger partial charge in [0.25, 0.3) is 0 Å². The molecule has 0 bridgehead atoms. The number of guanidine groups is 1. The average molecular weight is 1110 g/mol. The molecule has 0 saturated heterocycles. The van der Waals surface area contributed by atoms with E-state index >= 15 is 0 Å². The number of hydrogen-bond acceptors (Lipinski definition) is 13. The number of aliphatic carboxylic acids is 1. The summed E-state index contributed by atoms with van der Waals surface area (Å²) in [6.07, 6.45) is 0.489. The predicted molar refractivity (Wildman–Crippen MR) is 298 cm³/mol. The van der Waals surface area contributed by atoms with Gasteiger partial charge >= 0.3 is 5.97 Å². The number of aliphatic imine (C=N–C) groups is 1. The monoisotopic (exact) mass is 1110 g/mol. The fourth-order valence-corrected chi connectivity index (χ4v) is 8.47. The van der Waals surface area contributed by atoms with Crippen molar-refractivity contribution in [1.29, 1.82) is 0 Å². The minimum Gasteiger partial charge on any atom is -0.508 e. The summed E-state index contributed by atoms with van der Waals surface area (Å²) >= 11 is 0. The molecule has 80 heavy (non-hydrogen) atoms. The van der Waals surface area contributed by atoms with E-state index in [2.05, 4.69) is 47.2 Å². The Hall–Kier alpha value is -8.74. The van der Waals surface area contributed by atoms with Crippen LogP contribution in [0.4, 0.5) is 0 Å². The number of phenols is 2. The van der Waals surface area contributed by atoms with Crippen molar-refractivity contribution in [2.75, 3.05) is 6.54 Å². The standard InChI is InChI=1S/C55H77N13O12/c1-28(2)22-39(66-52(77)45(57)29(3)4)47(72)65-43(26-44(56)71)50(75)63-40(23-31-13-17-34(69)18-14-31)48(73)64-41(24-32-15-19-35(70)20-16-32)51(76)68-46(30(5)6)53(78)67-42(25-33-27-61-37-11-8-7-10-36(33)37)49(74)62-38(54(79)80)12-9-21-60-55(58)59/h7-8,10-11,13-20,27-30,38-43,45-46,61,69-70H,9,12,21-26,57H2,1-6H3,(H2,56,71)(H,62,74)(H,63,75)(H,64,73)(H,65,72)(H,66,77)(H,67,78)(H,68,76)(H,79,80)(H4,58,59,60)/t38-,39-,40-,41-,42-,43-,45-,46-/m0/s1. The summed E-state index contributed by atoms with van der Waals surface area (Å²) in [5, 5.41) is 49.2. The van der Waals surface area contributed by atoms with Gasteiger partial charge < -0.3 is 80.5 Å². The molecule has 0 aliphatic heterocycles. The predicted octanol–water partition coefficient (Wildman–Crippen LogP) is -0.300. The van der Waals surface area contributed by atoms with E-state index in [4.69, 9.17) is 22.9 Å². The van der Waals surface area contributed by atoms with E-state index in [-0.39, 0.29) is 74.4 Å². The summed E-state index contributed by atoms with van der Waals surface area (Å²) in [5.41, 5.74) is 24.6. The van der Waals surface area contributed by atoms with Crippen LogP contribution in [0.1, 0.15) is 83.9 Å². The van der Waals surface area contributed by atoms with Gasteiger partial charge in [0.05, 0.1) is 12.5 Å². The quantitative estimate of drug-likeness (QED) is 0.0175. The number of carboxylic acids is 1. The first kappa shape index (κ1) is 63.8. The zero-order valence-electron chi connectivity index (χ0n) is 45.8. The zero-order chi connectivity index (χ0) is 59.4. The Morgan fingerprint density at radius 1 is 0.550 bits per heavy atom. The minimum absolute atomic E-state index is 0.0667. The number of aromatic hydroxyl groups is 2. The lowest BCUT2D eigenvalue weighted by Crippen LogP contribution is -2.61. The molecule has 4 aromatic rings. The molecule has 25 heteroatoms. The zero-order valence-corrected chi connectivity index (χ0v) is 45.8. The SMILES string of the molecule is CC(C)C[C@H](NC(=O)[C@@H](N)C(C)C)C(=O)N[C@@H](CC(N)=O)C(=O)N[C@@H](Cc1ccc(O)cc1)C(=O)N[C@@H](Cc1ccc(O)cc1)C(=O)N[C@H](C(=O)N[C@@H](Cc1c[nH]c2ccccc12)C(=O)N[C@@H](CCCN=C(N)N)C(=O)O)C(C)C. The topological polar surface area (TPSA) is 431 Å². The number of rotatable bonds is 31. The number of primary amides is 1. The number of aromatic nitrogens is 1. The third-order valence-corrected chi connectivity index (χ3v) is 13.0. The van der Waals surface area contributed by atoms with Crippen molar-refractivity contribution in [2.24, 2.45) is 45.7 Å². The highest BCUT2D eigenvalue weighted by molar-refractivity contribution is 5.99. The summed E-state index contributed by atoms with van der Waals surface area (Å²) in [4.78, 5) is 131. The van der Waals surface area contributed by atoms with E-state index in [1.807, 2.05) is 6.07 Å². The lowest BCUT2D eigenvalue weighted by Gasteiger charge is -2.29. The fraction of sp³-hybridized carbons (Fsp3) is 0.455. The Labute approximate surface area is 463 Å². The molecule has 0 aliphatic rings. The van der Waals surface area contributed by atoms with Gasteiger partial charge in [-0.25, -0.2) is 4.79 Å². The van der Waals surface area contributed by atoms with Crippen molar-refractivity contribution < 1.29 is 58.5 Å². The van der Waals surface area contributed by atoms with Crippen LogP contribution < -0.4 is 60.2 Å². The molecule has 434 valence electrons. The van der Waals surface area contributed by atoms with E-state index in [1.54, 1.807) is 65.9 Å². The second-order valence-corrected chi connectivity index (χ2v) is 20.8. The highest BCUT2D eigenvalue weighted by Crippen LogP contribution is 2.21. The molecule has 0 unspecified atom stereocenters. The van der Waals surface area contributed by atoms with Crippen molar-refractivity contribution in [3.8, 4) is 11.5 Å². The molecule has 3 aromatic carbocycles. The highest BCUT2D eigenvalue weighted by atomic mass is 16.4. The van der Waals surface area contributed by atoms with E-state index in [0.717, 1.165) is 10.9 Å². The van der Waals surface area contributed by atoms with Crippen LogP contribution >= 0.6 is 0 Å². The summed E-state index contributed by atoms with van der Waals surface area (Å²) in [7, 11) is 0. The number of fused-ring (bicyclic) bond motifs is 1. The van der Waals surface area contributed by atoms with Crippen LogP contribution in [0.5, 0.6) is 11.5 Å². The smallest absolute Gasteiger partial charge is 0.326 e. The van der Waals surface area contributed by atoms with Crippen LogP contribution in [0.3, 0.4) is 0 Å². The number of phenolic OH excluding ortho intramolecular Hbond substituents is 2. The molecule has 8 amide bonds. The minimum atomic E-state index is -1.69. The highest BCUT2D eigenvalue weighted by Gasteiger charge is 2.36. The molecule has 0 radical (unpaired) electrons. The number of aromatic amines is 1. The van der Waals surface area contributed by atoms with Gasteiger partial charge in [0.2, 0.25) is 47.3 Å². The van der Waals surface area contributed by atoms with Gasteiger partial charge in [0, 0.05) is 42.9 Å². The molecule has 0 saturated carbocycles. The van der Waals surface area contributed by atoms with Crippen molar-refractivity contribution in [3.63, 3.8) is 0 Å². The Bertz CT molecular complexity index is 2810. The molecule has 25 nitrogen and oxygen atoms in total. The first-order valence-corrected chi connectivity index (χ1v) is 26.3. The number of carboxylic acid groups (broad SMARTS) is 1. The van der Waals surface area contributed by atoms with Gasteiger partial charge in [0.15, 0.2) is 5.96 Å². The summed E-state index contributed by atoms with van der Waals surface area (Å²) in [5.74, 6) is -9.95. The van der Waals surface area contributed by atoms with Gasteiger partial charge in [0.1, 0.15) is 53.8 Å². The van der Waals surface area contributed by atoms with E-state index in [1.165, 1.54) is 48.5 Å². The first-order valence-electron chi connectivity index (χ1n) is 26.3.